The fraction of sp³-hybridized carbons (Fsp3) is 0. The van der Waals surface area contributed by atoms with Crippen molar-refractivity contribution in [3.63, 3.8) is 0 Å². The van der Waals surface area contributed by atoms with Crippen LogP contribution in [0.1, 0.15) is 0 Å². The summed E-state index contributed by atoms with van der Waals surface area (Å²) in [7, 11) is 0. The number of hydrogen-bond donors (Lipinski definition) is 2. The average Bonchev–Trinajstić information content (AvgIpc) is 2.39. The summed E-state index contributed by atoms with van der Waals surface area (Å²) < 4.78 is 27.8. The van der Waals surface area contributed by atoms with Crippen molar-refractivity contribution >= 4 is 11.0 Å². The lowest BCUT2D eigenvalue weighted by molar-refractivity contribution is 0.470. The molecule has 3 aromatic rings. The zero-order valence-corrected chi connectivity index (χ0v) is 9.89. The van der Waals surface area contributed by atoms with E-state index in [1.165, 1.54) is 12.1 Å². The minimum Gasteiger partial charge on any atom is -0.507 e. The molecule has 0 aliphatic heterocycles. The standard InChI is InChI=1S/C13H7F2N3O2/c14-7-2-1-3-9(19)10(7)11-8(15)4-6-5-16-13(20)18-12(6)17-11/h1-5,19H,(H,16,17,18,20). The molecule has 0 aliphatic rings. The Morgan fingerprint density at radius 1 is 1.20 bits per heavy atom. The zero-order valence-electron chi connectivity index (χ0n) is 9.89. The van der Waals surface area contributed by atoms with Crippen LogP contribution in [0.4, 0.5) is 8.78 Å². The summed E-state index contributed by atoms with van der Waals surface area (Å²) in [4.78, 5) is 20.7. The quantitative estimate of drug-likeness (QED) is 0.711. The van der Waals surface area contributed by atoms with Crippen LogP contribution in [-0.4, -0.2) is 20.1 Å². The van der Waals surface area contributed by atoms with Gasteiger partial charge in [-0.05, 0) is 18.2 Å². The van der Waals surface area contributed by atoms with Gasteiger partial charge < -0.3 is 5.11 Å². The van der Waals surface area contributed by atoms with E-state index in [1.807, 2.05) is 0 Å². The summed E-state index contributed by atoms with van der Waals surface area (Å²) in [6.45, 7) is 0. The maximum absolute atomic E-state index is 14.0. The molecule has 100 valence electrons. The van der Waals surface area contributed by atoms with Gasteiger partial charge in [0.25, 0.3) is 0 Å². The van der Waals surface area contributed by atoms with Crippen molar-refractivity contribution < 1.29 is 13.9 Å². The number of nitrogens with one attached hydrogen (secondary N) is 1. The van der Waals surface area contributed by atoms with Gasteiger partial charge in [0.2, 0.25) is 0 Å². The summed E-state index contributed by atoms with van der Waals surface area (Å²) in [5, 5.41) is 9.93. The van der Waals surface area contributed by atoms with Gasteiger partial charge in [-0.25, -0.2) is 23.5 Å². The van der Waals surface area contributed by atoms with Crippen molar-refractivity contribution in [2.24, 2.45) is 0 Å². The van der Waals surface area contributed by atoms with E-state index >= 15 is 0 Å². The molecule has 0 saturated carbocycles. The van der Waals surface area contributed by atoms with Crippen molar-refractivity contribution in [2.45, 2.75) is 0 Å². The van der Waals surface area contributed by atoms with Crippen molar-refractivity contribution in [1.82, 2.24) is 15.0 Å². The number of phenolic OH excluding ortho intramolecular Hbond substituents is 1. The molecule has 0 aliphatic carbocycles. The molecule has 2 aromatic heterocycles. The van der Waals surface area contributed by atoms with E-state index in [9.17, 15) is 18.7 Å². The van der Waals surface area contributed by atoms with Gasteiger partial charge in [0.05, 0.1) is 5.56 Å². The molecule has 0 saturated heterocycles. The highest BCUT2D eigenvalue weighted by Gasteiger charge is 2.17. The molecular weight excluding hydrogens is 268 g/mol. The Kier molecular flexibility index (Phi) is 2.67. The third-order valence-corrected chi connectivity index (χ3v) is 2.78. The first kappa shape index (κ1) is 12.2. The number of fused-ring (bicyclic) bond motifs is 1. The summed E-state index contributed by atoms with van der Waals surface area (Å²) in [5.41, 5.74) is -1.33. The third-order valence-electron chi connectivity index (χ3n) is 2.78. The van der Waals surface area contributed by atoms with Crippen LogP contribution in [0.3, 0.4) is 0 Å². The van der Waals surface area contributed by atoms with Crippen LogP contribution in [-0.2, 0) is 0 Å². The van der Waals surface area contributed by atoms with Crippen LogP contribution in [0.2, 0.25) is 0 Å². The summed E-state index contributed by atoms with van der Waals surface area (Å²) in [6, 6.07) is 4.65. The third kappa shape index (κ3) is 1.89. The highest BCUT2D eigenvalue weighted by Crippen LogP contribution is 2.32. The number of H-pyrrole nitrogens is 1. The SMILES string of the molecule is O=c1ncc2cc(F)c(-c3c(O)cccc3F)nc2[nH]1. The van der Waals surface area contributed by atoms with Crippen LogP contribution in [0.25, 0.3) is 22.3 Å². The Bertz CT molecular complexity index is 857. The fourth-order valence-corrected chi connectivity index (χ4v) is 1.89. The second kappa shape index (κ2) is 4.37. The van der Waals surface area contributed by atoms with Crippen molar-refractivity contribution in [3.05, 3.63) is 52.6 Å². The number of aromatic amines is 1. The van der Waals surface area contributed by atoms with Gasteiger partial charge in [0.15, 0.2) is 5.82 Å². The smallest absolute Gasteiger partial charge is 0.346 e. The maximum atomic E-state index is 14.0. The fourth-order valence-electron chi connectivity index (χ4n) is 1.89. The van der Waals surface area contributed by atoms with Gasteiger partial charge in [-0.15, -0.1) is 0 Å². The molecule has 7 heteroatoms. The Labute approximate surface area is 110 Å². The summed E-state index contributed by atoms with van der Waals surface area (Å²) in [6.07, 6.45) is 1.16. The lowest BCUT2D eigenvalue weighted by atomic mass is 10.1. The van der Waals surface area contributed by atoms with E-state index in [-0.39, 0.29) is 22.3 Å². The van der Waals surface area contributed by atoms with Crippen LogP contribution < -0.4 is 5.69 Å². The molecule has 20 heavy (non-hydrogen) atoms. The number of rotatable bonds is 1. The number of pyridine rings is 1. The van der Waals surface area contributed by atoms with Crippen LogP contribution in [0.5, 0.6) is 5.75 Å². The predicted molar refractivity (Wildman–Crippen MR) is 67.2 cm³/mol. The second-order valence-corrected chi connectivity index (χ2v) is 4.08. The van der Waals surface area contributed by atoms with Gasteiger partial charge in [-0.1, -0.05) is 6.07 Å². The first-order chi connectivity index (χ1) is 9.56. The van der Waals surface area contributed by atoms with Crippen LogP contribution in [0, 0.1) is 11.6 Å². The number of aromatic hydroxyl groups is 1. The number of halogens is 2. The van der Waals surface area contributed by atoms with E-state index in [4.69, 9.17) is 0 Å². The van der Waals surface area contributed by atoms with Crippen molar-refractivity contribution in [3.8, 4) is 17.0 Å². The van der Waals surface area contributed by atoms with E-state index in [2.05, 4.69) is 15.0 Å². The second-order valence-electron chi connectivity index (χ2n) is 4.08. The molecule has 0 amide bonds. The van der Waals surface area contributed by atoms with E-state index in [1.54, 1.807) is 0 Å². The van der Waals surface area contributed by atoms with Gasteiger partial charge in [-0.3, -0.25) is 4.98 Å². The zero-order chi connectivity index (χ0) is 14.3. The number of benzene rings is 1. The molecule has 5 nitrogen and oxygen atoms in total. The average molecular weight is 275 g/mol. The summed E-state index contributed by atoms with van der Waals surface area (Å²) >= 11 is 0. The maximum Gasteiger partial charge on any atom is 0.346 e. The number of nitrogens with zero attached hydrogens (tertiary/aromatic N) is 2. The minimum atomic E-state index is -0.827. The van der Waals surface area contributed by atoms with Gasteiger partial charge in [-0.2, -0.15) is 0 Å². The Morgan fingerprint density at radius 3 is 2.75 bits per heavy atom. The molecule has 0 spiro atoms. The minimum absolute atomic E-state index is 0.0593. The monoisotopic (exact) mass is 275 g/mol. The lowest BCUT2D eigenvalue weighted by Crippen LogP contribution is -2.10. The summed E-state index contributed by atoms with van der Waals surface area (Å²) in [5.74, 6) is -2.08. The molecule has 0 radical (unpaired) electrons. The molecule has 2 N–H and O–H groups in total. The largest absolute Gasteiger partial charge is 0.507 e. The van der Waals surface area contributed by atoms with Crippen molar-refractivity contribution in [2.75, 3.05) is 0 Å². The number of hydrogen-bond acceptors (Lipinski definition) is 4. The molecule has 1 aromatic carbocycles. The topological polar surface area (TPSA) is 78.9 Å². The van der Waals surface area contributed by atoms with Crippen LogP contribution in [0.15, 0.2) is 35.3 Å². The first-order valence-electron chi connectivity index (χ1n) is 5.59. The molecule has 0 bridgehead atoms. The van der Waals surface area contributed by atoms with Gasteiger partial charge in [0, 0.05) is 11.6 Å². The lowest BCUT2D eigenvalue weighted by Gasteiger charge is -2.07. The van der Waals surface area contributed by atoms with Gasteiger partial charge >= 0.3 is 5.69 Å². The van der Waals surface area contributed by atoms with E-state index in [0.717, 1.165) is 18.3 Å². The predicted octanol–water partition coefficient (Wildman–Crippen LogP) is 1.97. The molecule has 0 unspecified atom stereocenters. The highest BCUT2D eigenvalue weighted by atomic mass is 19.1. The highest BCUT2D eigenvalue weighted by molar-refractivity contribution is 5.79. The Hall–Kier alpha value is -2.83. The van der Waals surface area contributed by atoms with Crippen LogP contribution >= 0.6 is 0 Å². The molecular formula is C13H7F2N3O2. The molecule has 0 fully saturated rings. The van der Waals surface area contributed by atoms with E-state index < -0.39 is 23.1 Å². The Morgan fingerprint density at radius 2 is 2.00 bits per heavy atom. The molecule has 0 atom stereocenters. The van der Waals surface area contributed by atoms with E-state index in [0.29, 0.717) is 0 Å². The Balaban J connectivity index is 2.36. The van der Waals surface area contributed by atoms with Gasteiger partial charge in [0.1, 0.15) is 22.9 Å². The molecule has 2 heterocycles. The van der Waals surface area contributed by atoms with Crippen molar-refractivity contribution in [1.29, 1.82) is 0 Å². The number of aromatic nitrogens is 3. The molecule has 3 rings (SSSR count). The number of phenols is 1. The first-order valence-corrected chi connectivity index (χ1v) is 5.59. The normalized spacial score (nSPS) is 10.9.